The van der Waals surface area contributed by atoms with Gasteiger partial charge in [-0.3, -0.25) is 4.79 Å². The highest BCUT2D eigenvalue weighted by molar-refractivity contribution is 7.90. The molecule has 4 rings (SSSR count). The molecule has 0 aliphatic carbocycles. The molecule has 1 aromatic heterocycles. The van der Waals surface area contributed by atoms with Crippen LogP contribution in [0.3, 0.4) is 0 Å². The van der Waals surface area contributed by atoms with Gasteiger partial charge < -0.3 is 5.32 Å². The highest BCUT2D eigenvalue weighted by Gasteiger charge is 2.33. The van der Waals surface area contributed by atoms with Crippen LogP contribution in [0.25, 0.3) is 11.8 Å². The minimum Gasteiger partial charge on any atom is -0.307 e. The van der Waals surface area contributed by atoms with Crippen molar-refractivity contribution in [2.45, 2.75) is 25.4 Å². The molecule has 29 heavy (non-hydrogen) atoms. The molecule has 0 saturated heterocycles. The number of nitrogens with one attached hydrogen (secondary N) is 1. The topological polar surface area (TPSA) is 81.1 Å². The van der Waals surface area contributed by atoms with E-state index in [1.54, 1.807) is 10.8 Å². The molecule has 0 atom stereocenters. The molecule has 1 N–H and O–H groups in total. The number of carbonyl (C=O) groups excluding carboxylic acids is 1. The van der Waals surface area contributed by atoms with E-state index in [1.165, 1.54) is 6.08 Å². The first-order chi connectivity index (χ1) is 13.8. The van der Waals surface area contributed by atoms with Crippen molar-refractivity contribution in [1.82, 2.24) is 9.78 Å². The Bertz CT molecular complexity index is 1230. The number of aromatic nitrogens is 2. The molecule has 0 unspecified atom stereocenters. The fourth-order valence-electron chi connectivity index (χ4n) is 3.31. The third-order valence-electron chi connectivity index (χ3n) is 4.99. The number of hydrogen-bond donors (Lipinski definition) is 1. The normalized spacial score (nSPS) is 14.8. The maximum atomic E-state index is 12.6. The molecule has 1 aliphatic heterocycles. The van der Waals surface area contributed by atoms with Crippen molar-refractivity contribution in [2.24, 2.45) is 0 Å². The predicted octanol–water partition coefficient (Wildman–Crippen LogP) is 3.57. The summed E-state index contributed by atoms with van der Waals surface area (Å²) in [6.45, 7) is 4.02. The number of carbonyl (C=O) groups is 1. The van der Waals surface area contributed by atoms with Crippen molar-refractivity contribution in [3.8, 4) is 5.69 Å². The lowest BCUT2D eigenvalue weighted by atomic mass is 10.1. The molecule has 2 aromatic carbocycles. The highest BCUT2D eigenvalue weighted by Crippen LogP contribution is 2.33. The van der Waals surface area contributed by atoms with Crippen LogP contribution in [0.5, 0.6) is 0 Å². The van der Waals surface area contributed by atoms with Gasteiger partial charge in [-0.2, -0.15) is 5.10 Å². The van der Waals surface area contributed by atoms with E-state index in [0.29, 0.717) is 17.1 Å². The first-order valence-corrected chi connectivity index (χ1v) is 11.1. The third-order valence-corrected chi connectivity index (χ3v) is 6.43. The zero-order chi connectivity index (χ0) is 20.6. The van der Waals surface area contributed by atoms with Crippen molar-refractivity contribution in [2.75, 3.05) is 5.32 Å². The van der Waals surface area contributed by atoms with Gasteiger partial charge in [0.2, 0.25) is 5.91 Å². The van der Waals surface area contributed by atoms with Gasteiger partial charge in [0.15, 0.2) is 9.84 Å². The Hall–Kier alpha value is -3.19. The summed E-state index contributed by atoms with van der Waals surface area (Å²) in [4.78, 5) is 12.6. The Labute approximate surface area is 169 Å². The average molecular weight is 407 g/mol. The van der Waals surface area contributed by atoms with Gasteiger partial charge >= 0.3 is 0 Å². The summed E-state index contributed by atoms with van der Waals surface area (Å²) in [6, 6.07) is 15.4. The van der Waals surface area contributed by atoms with Crippen LogP contribution in [-0.2, 0) is 26.1 Å². The molecule has 0 saturated carbocycles. The molecular weight excluding hydrogens is 386 g/mol. The quantitative estimate of drug-likeness (QED) is 0.671. The Balaban J connectivity index is 1.70. The van der Waals surface area contributed by atoms with Gasteiger partial charge in [0.05, 0.1) is 22.9 Å². The maximum Gasteiger partial charge on any atom is 0.249 e. The number of sulfone groups is 1. The SMILES string of the molecule is Cc1ccc(-n2nc3c(c2NC(=O)C=Cc2ccccc2)CS(=O)(=O)C3)cc1C. The van der Waals surface area contributed by atoms with E-state index in [0.717, 1.165) is 22.4 Å². The van der Waals surface area contributed by atoms with Gasteiger partial charge in [-0.05, 0) is 48.7 Å². The van der Waals surface area contributed by atoms with Crippen molar-refractivity contribution in [1.29, 1.82) is 0 Å². The van der Waals surface area contributed by atoms with Crippen LogP contribution in [0, 0.1) is 13.8 Å². The number of fused-ring (bicyclic) bond motifs is 1. The molecule has 0 radical (unpaired) electrons. The van der Waals surface area contributed by atoms with Crippen molar-refractivity contribution < 1.29 is 13.2 Å². The molecule has 1 aliphatic rings. The fraction of sp³-hybridized carbons (Fsp3) is 0.182. The van der Waals surface area contributed by atoms with E-state index in [9.17, 15) is 13.2 Å². The van der Waals surface area contributed by atoms with Crippen molar-refractivity contribution in [3.05, 3.63) is 82.6 Å². The first-order valence-electron chi connectivity index (χ1n) is 9.25. The van der Waals surface area contributed by atoms with Gasteiger partial charge in [0.1, 0.15) is 5.82 Å². The van der Waals surface area contributed by atoms with Gasteiger partial charge in [-0.15, -0.1) is 0 Å². The standard InChI is InChI=1S/C22H21N3O3S/c1-15-8-10-18(12-16(15)2)25-22(19-13-29(27,28)14-20(19)24-25)23-21(26)11-9-17-6-4-3-5-7-17/h3-12H,13-14H2,1-2H3,(H,23,26). The molecule has 0 bridgehead atoms. The third kappa shape index (κ3) is 4.00. The van der Waals surface area contributed by atoms with Crippen LogP contribution in [-0.4, -0.2) is 24.1 Å². The van der Waals surface area contributed by atoms with Crippen LogP contribution in [0.15, 0.2) is 54.6 Å². The first kappa shape index (κ1) is 19.1. The summed E-state index contributed by atoms with van der Waals surface area (Å²) >= 11 is 0. The molecule has 0 fully saturated rings. The van der Waals surface area contributed by atoms with Crippen LogP contribution in [0.2, 0.25) is 0 Å². The molecule has 7 heteroatoms. The van der Waals surface area contributed by atoms with E-state index >= 15 is 0 Å². The molecule has 0 spiro atoms. The number of hydrogen-bond acceptors (Lipinski definition) is 4. The Morgan fingerprint density at radius 1 is 1.07 bits per heavy atom. The largest absolute Gasteiger partial charge is 0.307 e. The minimum atomic E-state index is -3.23. The Kier molecular flexibility index (Phi) is 4.84. The molecule has 1 amide bonds. The van der Waals surface area contributed by atoms with E-state index in [-0.39, 0.29) is 17.4 Å². The van der Waals surface area contributed by atoms with E-state index in [1.807, 2.05) is 62.4 Å². The van der Waals surface area contributed by atoms with Crippen LogP contribution in [0.1, 0.15) is 27.9 Å². The summed E-state index contributed by atoms with van der Waals surface area (Å²) < 4.78 is 25.8. The zero-order valence-electron chi connectivity index (χ0n) is 16.2. The average Bonchev–Trinajstić information content (AvgIpc) is 3.16. The van der Waals surface area contributed by atoms with Gasteiger partial charge in [0, 0.05) is 11.6 Å². The Morgan fingerprint density at radius 3 is 2.55 bits per heavy atom. The van der Waals surface area contributed by atoms with Gasteiger partial charge in [-0.1, -0.05) is 36.4 Å². The monoisotopic (exact) mass is 407 g/mol. The summed E-state index contributed by atoms with van der Waals surface area (Å²) in [6.07, 6.45) is 3.14. The number of amides is 1. The zero-order valence-corrected chi connectivity index (χ0v) is 17.0. The Morgan fingerprint density at radius 2 is 1.83 bits per heavy atom. The smallest absolute Gasteiger partial charge is 0.249 e. The summed E-state index contributed by atoms with van der Waals surface area (Å²) in [7, 11) is -3.23. The number of aryl methyl sites for hydroxylation is 2. The summed E-state index contributed by atoms with van der Waals surface area (Å²) in [5, 5.41) is 7.34. The van der Waals surface area contributed by atoms with Gasteiger partial charge in [0.25, 0.3) is 0 Å². The predicted molar refractivity (Wildman–Crippen MR) is 113 cm³/mol. The van der Waals surface area contributed by atoms with Crippen molar-refractivity contribution in [3.63, 3.8) is 0 Å². The fourth-order valence-corrected chi connectivity index (χ4v) is 4.80. The van der Waals surface area contributed by atoms with E-state index < -0.39 is 9.84 Å². The van der Waals surface area contributed by atoms with Crippen molar-refractivity contribution >= 4 is 27.6 Å². The molecule has 148 valence electrons. The molecular formula is C22H21N3O3S. The molecule has 2 heterocycles. The number of nitrogens with zero attached hydrogens (tertiary/aromatic N) is 2. The lowest BCUT2D eigenvalue weighted by molar-refractivity contribution is -0.111. The lowest BCUT2D eigenvalue weighted by Crippen LogP contribution is -2.14. The molecule has 3 aromatic rings. The van der Waals surface area contributed by atoms with Crippen LogP contribution in [0.4, 0.5) is 5.82 Å². The second-order valence-electron chi connectivity index (χ2n) is 7.22. The minimum absolute atomic E-state index is 0.108. The maximum absolute atomic E-state index is 12.6. The van der Waals surface area contributed by atoms with E-state index in [2.05, 4.69) is 10.4 Å². The number of anilines is 1. The second-order valence-corrected chi connectivity index (χ2v) is 9.28. The number of rotatable bonds is 4. The lowest BCUT2D eigenvalue weighted by Gasteiger charge is -2.11. The summed E-state index contributed by atoms with van der Waals surface area (Å²) in [5.74, 6) is -0.161. The van der Waals surface area contributed by atoms with Gasteiger partial charge in [-0.25, -0.2) is 13.1 Å². The summed E-state index contributed by atoms with van der Waals surface area (Å²) in [5.41, 5.74) is 4.97. The second kappa shape index (κ2) is 7.33. The number of benzene rings is 2. The van der Waals surface area contributed by atoms with Crippen LogP contribution < -0.4 is 5.32 Å². The van der Waals surface area contributed by atoms with Crippen LogP contribution >= 0.6 is 0 Å². The molecule has 6 nitrogen and oxygen atoms in total. The highest BCUT2D eigenvalue weighted by atomic mass is 32.2. The van der Waals surface area contributed by atoms with E-state index in [4.69, 9.17) is 0 Å².